The number of alkyl halides is 3. The molecule has 2 aromatic heterocycles. The molecule has 0 atom stereocenters. The first kappa shape index (κ1) is 24.3. The molecule has 12 heteroatoms. The van der Waals surface area contributed by atoms with E-state index in [-0.39, 0.29) is 12.2 Å². The van der Waals surface area contributed by atoms with Gasteiger partial charge in [-0.15, -0.1) is 0 Å². The molecule has 2 heterocycles. The fourth-order valence-electron chi connectivity index (χ4n) is 2.89. The maximum atomic E-state index is 13.2. The maximum Gasteiger partial charge on any atom is 0.435 e. The molecule has 0 bridgehead atoms. The van der Waals surface area contributed by atoms with Gasteiger partial charge in [0, 0.05) is 25.7 Å². The zero-order valence-corrected chi connectivity index (χ0v) is 18.6. The Balaban J connectivity index is 1.68. The largest absolute Gasteiger partial charge is 0.435 e. The maximum absolute atomic E-state index is 13.2. The Bertz CT molecular complexity index is 1090. The first-order valence-corrected chi connectivity index (χ1v) is 10.2. The normalized spacial score (nSPS) is 11.3. The molecule has 0 spiro atoms. The van der Waals surface area contributed by atoms with E-state index in [0.29, 0.717) is 35.4 Å². The third kappa shape index (κ3) is 6.59. The van der Waals surface area contributed by atoms with Gasteiger partial charge < -0.3 is 20.3 Å². The third-order valence-electron chi connectivity index (χ3n) is 4.58. The number of anilines is 2. The van der Waals surface area contributed by atoms with Crippen LogP contribution in [0.5, 0.6) is 0 Å². The minimum atomic E-state index is -4.63. The number of nitrogens with one attached hydrogen (secondary N) is 2. The standard InChI is InChI=1S/C21H22ClF3N6O2/c1-30(8-9-33-2)19-7-6-15(12-26-19)28-20(32)27-13-17-11-18(21(23,24)25)29-31(17)16-5-3-4-14(22)10-16/h3-7,10-12H,8-9,13H2,1-2H3,(H2,27,28,32). The lowest BCUT2D eigenvalue weighted by molar-refractivity contribution is -0.141. The Morgan fingerprint density at radius 2 is 2.03 bits per heavy atom. The summed E-state index contributed by atoms with van der Waals surface area (Å²) in [5.41, 5.74) is -0.173. The van der Waals surface area contributed by atoms with Crippen LogP contribution in [-0.2, 0) is 17.5 Å². The summed E-state index contributed by atoms with van der Waals surface area (Å²) >= 11 is 5.96. The second-order valence-electron chi connectivity index (χ2n) is 7.04. The van der Waals surface area contributed by atoms with E-state index in [2.05, 4.69) is 20.7 Å². The number of benzene rings is 1. The topological polar surface area (TPSA) is 84.3 Å². The average Bonchev–Trinajstić information content (AvgIpc) is 3.21. The quantitative estimate of drug-likeness (QED) is 0.499. The predicted molar refractivity (Wildman–Crippen MR) is 119 cm³/mol. The molecule has 2 N–H and O–H groups in total. The minimum absolute atomic E-state index is 0.132. The summed E-state index contributed by atoms with van der Waals surface area (Å²) < 4.78 is 45.7. The summed E-state index contributed by atoms with van der Waals surface area (Å²) in [4.78, 5) is 18.5. The smallest absolute Gasteiger partial charge is 0.383 e. The van der Waals surface area contributed by atoms with Crippen molar-refractivity contribution in [2.24, 2.45) is 0 Å². The number of amides is 2. The second-order valence-corrected chi connectivity index (χ2v) is 7.47. The van der Waals surface area contributed by atoms with E-state index in [1.807, 2.05) is 11.9 Å². The molecular formula is C21H22ClF3N6O2. The van der Waals surface area contributed by atoms with Crippen molar-refractivity contribution in [2.75, 3.05) is 37.5 Å². The van der Waals surface area contributed by atoms with Gasteiger partial charge in [-0.1, -0.05) is 17.7 Å². The summed E-state index contributed by atoms with van der Waals surface area (Å²) in [5, 5.41) is 9.12. The predicted octanol–water partition coefficient (Wildman–Crippen LogP) is 4.34. The zero-order valence-electron chi connectivity index (χ0n) is 17.9. The SMILES string of the molecule is COCCN(C)c1ccc(NC(=O)NCc2cc(C(F)(F)F)nn2-c2cccc(Cl)c2)cn1. The van der Waals surface area contributed by atoms with Crippen LogP contribution in [0.25, 0.3) is 5.69 Å². The van der Waals surface area contributed by atoms with Gasteiger partial charge in [-0.3, -0.25) is 0 Å². The van der Waals surface area contributed by atoms with E-state index >= 15 is 0 Å². The molecule has 8 nitrogen and oxygen atoms in total. The van der Waals surface area contributed by atoms with Gasteiger partial charge in [0.15, 0.2) is 5.69 Å². The number of hydrogen-bond acceptors (Lipinski definition) is 5. The van der Waals surface area contributed by atoms with Gasteiger partial charge in [-0.05, 0) is 36.4 Å². The van der Waals surface area contributed by atoms with E-state index in [1.165, 1.54) is 12.3 Å². The molecule has 1 aromatic carbocycles. The van der Waals surface area contributed by atoms with Gasteiger partial charge in [-0.25, -0.2) is 14.5 Å². The molecule has 176 valence electrons. The molecule has 0 aliphatic heterocycles. The first-order chi connectivity index (χ1) is 15.7. The minimum Gasteiger partial charge on any atom is -0.383 e. The number of methoxy groups -OCH3 is 1. The van der Waals surface area contributed by atoms with Crippen LogP contribution in [0.2, 0.25) is 5.02 Å². The number of carbonyl (C=O) groups excluding carboxylic acids is 1. The number of halogens is 4. The van der Waals surface area contributed by atoms with Gasteiger partial charge >= 0.3 is 12.2 Å². The van der Waals surface area contributed by atoms with E-state index < -0.39 is 17.9 Å². The van der Waals surface area contributed by atoms with Crippen molar-refractivity contribution in [2.45, 2.75) is 12.7 Å². The number of likely N-dealkylation sites (N-methyl/N-ethyl adjacent to an activating group) is 1. The molecule has 3 rings (SSSR count). The van der Waals surface area contributed by atoms with Gasteiger partial charge in [0.1, 0.15) is 5.82 Å². The number of hydrogen-bond donors (Lipinski definition) is 2. The molecular weight excluding hydrogens is 461 g/mol. The van der Waals surface area contributed by atoms with Crippen molar-refractivity contribution < 1.29 is 22.7 Å². The van der Waals surface area contributed by atoms with Crippen LogP contribution in [0.4, 0.5) is 29.5 Å². The summed E-state index contributed by atoms with van der Waals surface area (Å²) in [6.07, 6.45) is -3.15. The zero-order chi connectivity index (χ0) is 24.0. The Kier molecular flexibility index (Phi) is 7.77. The molecule has 0 aliphatic rings. The van der Waals surface area contributed by atoms with Crippen molar-refractivity contribution in [3.8, 4) is 5.69 Å². The van der Waals surface area contributed by atoms with Crippen LogP contribution in [0.1, 0.15) is 11.4 Å². The molecule has 33 heavy (non-hydrogen) atoms. The number of carbonyl (C=O) groups is 1. The molecule has 0 fully saturated rings. The summed E-state index contributed by atoms with van der Waals surface area (Å²) in [6, 6.07) is 9.92. The van der Waals surface area contributed by atoms with Crippen molar-refractivity contribution in [1.29, 1.82) is 0 Å². The first-order valence-electron chi connectivity index (χ1n) is 9.80. The van der Waals surface area contributed by atoms with Gasteiger partial charge in [0.05, 0.1) is 36.4 Å². The number of nitrogens with zero attached hydrogens (tertiary/aromatic N) is 4. The highest BCUT2D eigenvalue weighted by Gasteiger charge is 2.35. The Morgan fingerprint density at radius 1 is 1.24 bits per heavy atom. The average molecular weight is 483 g/mol. The molecule has 0 saturated carbocycles. The highest BCUT2D eigenvalue weighted by Crippen LogP contribution is 2.30. The monoisotopic (exact) mass is 482 g/mol. The van der Waals surface area contributed by atoms with Crippen molar-refractivity contribution in [3.05, 3.63) is 65.1 Å². The summed E-state index contributed by atoms with van der Waals surface area (Å²) in [6.45, 7) is 0.992. The Hall–Kier alpha value is -3.31. The number of pyridine rings is 1. The lowest BCUT2D eigenvalue weighted by atomic mass is 10.3. The molecule has 2 amide bonds. The van der Waals surface area contributed by atoms with Crippen molar-refractivity contribution >= 4 is 29.1 Å². The number of rotatable bonds is 8. The molecule has 3 aromatic rings. The summed E-state index contributed by atoms with van der Waals surface area (Å²) in [7, 11) is 3.47. The second kappa shape index (κ2) is 10.5. The molecule has 0 unspecified atom stereocenters. The fraction of sp³-hybridized carbons (Fsp3) is 0.286. The van der Waals surface area contributed by atoms with Crippen molar-refractivity contribution in [3.63, 3.8) is 0 Å². The highest BCUT2D eigenvalue weighted by molar-refractivity contribution is 6.30. The molecule has 0 aliphatic carbocycles. The molecule has 0 radical (unpaired) electrons. The lowest BCUT2D eigenvalue weighted by Crippen LogP contribution is -2.29. The summed E-state index contributed by atoms with van der Waals surface area (Å²) in [5.74, 6) is 0.697. The number of urea groups is 1. The van der Waals surface area contributed by atoms with Crippen LogP contribution >= 0.6 is 11.6 Å². The van der Waals surface area contributed by atoms with Gasteiger partial charge in [-0.2, -0.15) is 18.3 Å². The third-order valence-corrected chi connectivity index (χ3v) is 4.82. The van der Waals surface area contributed by atoms with Crippen LogP contribution in [0, 0.1) is 0 Å². The number of aromatic nitrogens is 3. The van der Waals surface area contributed by atoms with Gasteiger partial charge in [0.25, 0.3) is 0 Å². The van der Waals surface area contributed by atoms with Crippen LogP contribution < -0.4 is 15.5 Å². The Morgan fingerprint density at radius 3 is 2.67 bits per heavy atom. The van der Waals surface area contributed by atoms with Crippen LogP contribution in [-0.4, -0.2) is 48.1 Å². The Labute approximate surface area is 193 Å². The van der Waals surface area contributed by atoms with E-state index in [9.17, 15) is 18.0 Å². The highest BCUT2D eigenvalue weighted by atomic mass is 35.5. The van der Waals surface area contributed by atoms with E-state index in [1.54, 1.807) is 37.4 Å². The van der Waals surface area contributed by atoms with E-state index in [4.69, 9.17) is 16.3 Å². The molecule has 0 saturated heterocycles. The van der Waals surface area contributed by atoms with Crippen LogP contribution in [0.15, 0.2) is 48.7 Å². The number of ether oxygens (including phenoxy) is 1. The lowest BCUT2D eigenvalue weighted by Gasteiger charge is -2.17. The fourth-order valence-corrected chi connectivity index (χ4v) is 3.07. The van der Waals surface area contributed by atoms with E-state index in [0.717, 1.165) is 10.7 Å². The van der Waals surface area contributed by atoms with Crippen LogP contribution in [0.3, 0.4) is 0 Å². The van der Waals surface area contributed by atoms with Gasteiger partial charge in [0.2, 0.25) is 0 Å². The van der Waals surface area contributed by atoms with Crippen molar-refractivity contribution in [1.82, 2.24) is 20.1 Å².